The van der Waals surface area contributed by atoms with Gasteiger partial charge in [0.2, 0.25) is 5.91 Å². The number of rotatable bonds is 14. The zero-order valence-corrected chi connectivity index (χ0v) is 33.2. The molecule has 8 nitrogen and oxygen atoms in total. The number of nitrogens with zero attached hydrogens (tertiary/aromatic N) is 5. The molecule has 2 aliphatic heterocycles. The molecule has 0 aliphatic carbocycles. The summed E-state index contributed by atoms with van der Waals surface area (Å²) in [5, 5.41) is 0. The number of carbonyl (C=O) groups is 1. The van der Waals surface area contributed by atoms with E-state index >= 15 is 0 Å². The highest BCUT2D eigenvalue weighted by Gasteiger charge is 2.38. The quantitative estimate of drug-likeness (QED) is 0.0935. The molecule has 3 aromatic carbocycles. The number of ether oxygens (including phenoxy) is 2. The van der Waals surface area contributed by atoms with Gasteiger partial charge in [-0.15, -0.1) is 13.2 Å². The van der Waals surface area contributed by atoms with E-state index in [1.165, 1.54) is 24.3 Å². The molecule has 0 radical (unpaired) electrons. The van der Waals surface area contributed by atoms with E-state index in [-0.39, 0.29) is 49.7 Å². The molecule has 0 atom stereocenters. The lowest BCUT2D eigenvalue weighted by atomic mass is 9.93. The third-order valence-electron chi connectivity index (χ3n) is 10.7. The molecule has 1 amide bonds. The van der Waals surface area contributed by atoms with E-state index in [0.29, 0.717) is 65.7 Å². The van der Waals surface area contributed by atoms with Crippen LogP contribution in [0.15, 0.2) is 109 Å². The van der Waals surface area contributed by atoms with E-state index in [1.54, 1.807) is 29.3 Å². The van der Waals surface area contributed by atoms with E-state index in [9.17, 15) is 26.7 Å². The minimum Gasteiger partial charge on any atom is -0.494 e. The van der Waals surface area contributed by atoms with Crippen molar-refractivity contribution in [1.82, 2.24) is 14.8 Å². The first-order valence-corrected chi connectivity index (χ1v) is 19.3. The topological polar surface area (TPSA) is 70.5 Å². The van der Waals surface area contributed by atoms with Crippen LogP contribution in [0.1, 0.15) is 63.6 Å². The monoisotopic (exact) mass is 801 g/mol. The number of aromatic nitrogens is 1. The van der Waals surface area contributed by atoms with Crippen LogP contribution in [0, 0.1) is 11.6 Å². The minimum absolute atomic E-state index is 0.0127. The van der Waals surface area contributed by atoms with Crippen LogP contribution >= 0.6 is 0 Å². The number of fused-ring (bicyclic) bond motifs is 1. The van der Waals surface area contributed by atoms with Crippen molar-refractivity contribution in [2.45, 2.75) is 84.0 Å². The lowest BCUT2D eigenvalue weighted by Gasteiger charge is -2.46. The van der Waals surface area contributed by atoms with Gasteiger partial charge >= 0.3 is 6.36 Å². The maximum Gasteiger partial charge on any atom is 0.573 e. The van der Waals surface area contributed by atoms with E-state index in [1.807, 2.05) is 49.1 Å². The number of aryl methyl sites for hydroxylation is 1. The number of halogens is 5. The number of carbonyl (C=O) groups excluding carboxylic acids is 1. The fourth-order valence-electron chi connectivity index (χ4n) is 7.40. The van der Waals surface area contributed by atoms with Crippen LogP contribution in [-0.4, -0.2) is 70.2 Å². The van der Waals surface area contributed by atoms with E-state index in [0.717, 1.165) is 17.2 Å². The van der Waals surface area contributed by atoms with Crippen molar-refractivity contribution < 1.29 is 36.2 Å². The van der Waals surface area contributed by atoms with E-state index in [2.05, 4.69) is 41.6 Å². The molecule has 1 saturated heterocycles. The SMILES string of the molecule is C=C1N=C(CCc2ccc(F)cc2F)N(CC(=O)N(Cc2ccc(-c3ccc(OC(F)(F)F)cc3)cc2)C2CCN(C(C)(C)C(=C)OC(C)C)CC2)c2ncccc21. The molecule has 6 rings (SSSR count). The van der Waals surface area contributed by atoms with Crippen molar-refractivity contribution in [3.63, 3.8) is 0 Å². The lowest BCUT2D eigenvalue weighted by Crippen LogP contribution is -2.55. The number of piperidine rings is 1. The first-order chi connectivity index (χ1) is 27.5. The van der Waals surface area contributed by atoms with Crippen LogP contribution in [0.2, 0.25) is 0 Å². The molecule has 0 N–H and O–H groups in total. The summed E-state index contributed by atoms with van der Waals surface area (Å²) in [5.74, 6) is -0.108. The molecular formula is C45H48F5N5O3. The molecular weight excluding hydrogens is 754 g/mol. The Labute approximate surface area is 336 Å². The van der Waals surface area contributed by atoms with E-state index in [4.69, 9.17) is 9.73 Å². The number of benzene rings is 3. The Morgan fingerprint density at radius 2 is 1.60 bits per heavy atom. The number of likely N-dealkylation sites (tertiary alicyclic amines) is 1. The number of aliphatic imine (C=N–C) groups is 1. The van der Waals surface area contributed by atoms with Crippen molar-refractivity contribution in [3.05, 3.63) is 132 Å². The van der Waals surface area contributed by atoms with Gasteiger partial charge in [-0.2, -0.15) is 0 Å². The van der Waals surface area contributed by atoms with Crippen LogP contribution in [-0.2, 0) is 22.5 Å². The summed E-state index contributed by atoms with van der Waals surface area (Å²) in [6, 6.07) is 20.2. The number of amidine groups is 1. The average molecular weight is 802 g/mol. The molecule has 0 unspecified atom stereocenters. The van der Waals surface area contributed by atoms with Gasteiger partial charge in [0.05, 0.1) is 17.3 Å². The van der Waals surface area contributed by atoms with Gasteiger partial charge in [-0.05, 0) is 99.5 Å². The Balaban J connectivity index is 1.26. The minimum atomic E-state index is -4.78. The zero-order chi connectivity index (χ0) is 41.8. The van der Waals surface area contributed by atoms with Crippen LogP contribution < -0.4 is 9.64 Å². The molecule has 58 heavy (non-hydrogen) atoms. The van der Waals surface area contributed by atoms with Gasteiger partial charge in [0, 0.05) is 49.9 Å². The molecule has 1 fully saturated rings. The predicted molar refractivity (Wildman–Crippen MR) is 216 cm³/mol. The average Bonchev–Trinajstić information content (AvgIpc) is 3.17. The van der Waals surface area contributed by atoms with Crippen LogP contribution in [0.5, 0.6) is 5.75 Å². The van der Waals surface area contributed by atoms with Crippen molar-refractivity contribution in [3.8, 4) is 16.9 Å². The summed E-state index contributed by atoms with van der Waals surface area (Å²) in [5.41, 5.74) is 3.39. The molecule has 3 heterocycles. The fourth-order valence-corrected chi connectivity index (χ4v) is 7.40. The van der Waals surface area contributed by atoms with Gasteiger partial charge in [0.1, 0.15) is 41.3 Å². The highest BCUT2D eigenvalue weighted by atomic mass is 19.4. The van der Waals surface area contributed by atoms with Gasteiger partial charge in [-0.3, -0.25) is 9.69 Å². The molecule has 4 aromatic rings. The Morgan fingerprint density at radius 1 is 0.948 bits per heavy atom. The Morgan fingerprint density at radius 3 is 2.22 bits per heavy atom. The number of alkyl halides is 3. The van der Waals surface area contributed by atoms with Crippen molar-refractivity contribution in [2.75, 3.05) is 24.5 Å². The van der Waals surface area contributed by atoms with Crippen LogP contribution in [0.4, 0.5) is 27.8 Å². The Kier molecular flexibility index (Phi) is 12.7. The highest BCUT2D eigenvalue weighted by molar-refractivity contribution is 6.08. The molecule has 13 heteroatoms. The summed E-state index contributed by atoms with van der Waals surface area (Å²) < 4.78 is 76.5. The second kappa shape index (κ2) is 17.5. The second-order valence-electron chi connectivity index (χ2n) is 15.3. The smallest absolute Gasteiger partial charge is 0.494 e. The maximum atomic E-state index is 14.8. The van der Waals surface area contributed by atoms with Gasteiger partial charge in [0.25, 0.3) is 0 Å². The molecule has 1 aromatic heterocycles. The van der Waals surface area contributed by atoms with Crippen LogP contribution in [0.25, 0.3) is 16.8 Å². The first-order valence-electron chi connectivity index (χ1n) is 19.3. The highest BCUT2D eigenvalue weighted by Crippen LogP contribution is 2.34. The Hall–Kier alpha value is -5.56. The van der Waals surface area contributed by atoms with Gasteiger partial charge < -0.3 is 19.3 Å². The molecule has 306 valence electrons. The summed E-state index contributed by atoms with van der Waals surface area (Å²) in [6.07, 6.45) is -1.34. The number of amides is 1. The van der Waals surface area contributed by atoms with E-state index < -0.39 is 23.5 Å². The third kappa shape index (κ3) is 10.1. The second-order valence-corrected chi connectivity index (χ2v) is 15.3. The first kappa shape index (κ1) is 42.1. The van der Waals surface area contributed by atoms with Gasteiger partial charge in [0.15, 0.2) is 0 Å². The van der Waals surface area contributed by atoms with Crippen LogP contribution in [0.3, 0.4) is 0 Å². The van der Waals surface area contributed by atoms with Crippen molar-refractivity contribution in [1.29, 1.82) is 0 Å². The standard InChI is InChI=1S/C45H48F5N5O3/c1-29(2)57-31(4)44(5,6)53-24-21-37(22-25-53)54(27-32-9-11-33(12-10-32)34-14-18-38(19-15-34)58-45(48,49)50)42(56)28-55-41(20-16-35-13-17-36(46)26-40(35)47)52-30(3)39-8-7-23-51-43(39)55/h7-15,17-19,23,26,29,37H,3-4,16,20-22,24-25,27-28H2,1-2,5-6H3. The third-order valence-corrected chi connectivity index (χ3v) is 10.7. The number of pyridine rings is 1. The maximum absolute atomic E-state index is 14.8. The largest absolute Gasteiger partial charge is 0.573 e. The van der Waals surface area contributed by atoms with Gasteiger partial charge in [-0.1, -0.05) is 55.6 Å². The van der Waals surface area contributed by atoms with Crippen molar-refractivity contribution >= 4 is 23.3 Å². The zero-order valence-electron chi connectivity index (χ0n) is 33.2. The number of hydrogen-bond acceptors (Lipinski definition) is 7. The predicted octanol–water partition coefficient (Wildman–Crippen LogP) is 9.96. The number of hydrogen-bond donors (Lipinski definition) is 0. The molecule has 2 aliphatic rings. The lowest BCUT2D eigenvalue weighted by molar-refractivity contribution is -0.274. The van der Waals surface area contributed by atoms with Crippen molar-refractivity contribution in [2.24, 2.45) is 4.99 Å². The summed E-state index contributed by atoms with van der Waals surface area (Å²) in [7, 11) is 0. The Bertz CT molecular complexity index is 2140. The molecule has 0 spiro atoms. The molecule has 0 saturated carbocycles. The fraction of sp³-hybridized carbons (Fsp3) is 0.356. The number of anilines is 1. The summed E-state index contributed by atoms with van der Waals surface area (Å²) in [6.45, 7) is 18.0. The molecule has 0 bridgehead atoms. The van der Waals surface area contributed by atoms with Gasteiger partial charge in [-0.25, -0.2) is 18.8 Å². The summed E-state index contributed by atoms with van der Waals surface area (Å²) >= 11 is 0. The summed E-state index contributed by atoms with van der Waals surface area (Å²) in [4.78, 5) is 30.2. The normalized spacial score (nSPS) is 15.2.